The molecule has 0 spiro atoms. The van der Waals surface area contributed by atoms with E-state index in [-0.39, 0.29) is 32.2 Å². The summed E-state index contributed by atoms with van der Waals surface area (Å²) >= 11 is 0. The van der Waals surface area contributed by atoms with Gasteiger partial charge in [-0.2, -0.15) is 0 Å². The van der Waals surface area contributed by atoms with Crippen LogP contribution >= 0.6 is 0 Å². The molecule has 0 fully saturated rings. The van der Waals surface area contributed by atoms with Crippen LogP contribution in [-0.4, -0.2) is 87.4 Å². The highest BCUT2D eigenvalue weighted by molar-refractivity contribution is 5.71. The van der Waals surface area contributed by atoms with Crippen LogP contribution in [-0.2, 0) is 33.3 Å². The van der Waals surface area contributed by atoms with E-state index in [0.29, 0.717) is 17.4 Å². The number of nitrogens with zero attached hydrogens (tertiary/aromatic N) is 1. The van der Waals surface area contributed by atoms with Crippen LogP contribution in [0.1, 0.15) is 341 Å². The van der Waals surface area contributed by atoms with E-state index in [4.69, 9.17) is 18.9 Å². The molecule has 0 bridgehead atoms. The Morgan fingerprint density at radius 2 is 0.671 bits per heavy atom. The smallest absolute Gasteiger partial charge is 0.361 e. The van der Waals surface area contributed by atoms with Crippen molar-refractivity contribution < 1.29 is 42.9 Å². The summed E-state index contributed by atoms with van der Waals surface area (Å²) in [7, 11) is 5.98. The van der Waals surface area contributed by atoms with Crippen LogP contribution in [0.15, 0.2) is 12.2 Å². The molecule has 0 rings (SSSR count). The molecule has 76 heavy (non-hydrogen) atoms. The molecule has 0 heterocycles. The Hall–Kier alpha value is -1.97. The zero-order valence-corrected chi connectivity index (χ0v) is 51.5. The first-order valence-electron chi connectivity index (χ1n) is 33.4. The fourth-order valence-corrected chi connectivity index (χ4v) is 10.1. The van der Waals surface area contributed by atoms with Gasteiger partial charge in [0.15, 0.2) is 6.10 Å². The second kappa shape index (κ2) is 59.2. The highest BCUT2D eigenvalue weighted by atomic mass is 16.7. The predicted octanol–water partition coefficient (Wildman–Crippen LogP) is 20.1. The number of aliphatic carboxylic acids is 1. The molecule has 0 aromatic carbocycles. The molecule has 0 aliphatic rings. The normalized spacial score (nSPS) is 12.7. The highest BCUT2D eigenvalue weighted by Gasteiger charge is 2.25. The Morgan fingerprint density at radius 3 is 0.974 bits per heavy atom. The predicted molar refractivity (Wildman–Crippen MR) is 323 cm³/mol. The number of carbonyl (C=O) groups excluding carboxylic acids is 2. The van der Waals surface area contributed by atoms with Crippen molar-refractivity contribution in [2.45, 2.75) is 354 Å². The molecule has 0 aliphatic heterocycles. The highest BCUT2D eigenvalue weighted by Crippen LogP contribution is 2.19. The number of hydrogen-bond donors (Lipinski definition) is 1. The Bertz CT molecular complexity index is 1250. The third-order valence-electron chi connectivity index (χ3n) is 15.3. The van der Waals surface area contributed by atoms with Crippen LogP contribution in [0.5, 0.6) is 0 Å². The number of carbonyl (C=O) groups is 3. The maximum atomic E-state index is 12.9. The van der Waals surface area contributed by atoms with E-state index in [1.807, 2.05) is 21.1 Å². The third kappa shape index (κ3) is 59.7. The number of carboxylic acids is 1. The lowest BCUT2D eigenvalue weighted by molar-refractivity contribution is -0.870. The first-order chi connectivity index (χ1) is 37.1. The number of allylic oxidation sites excluding steroid dienone is 2. The van der Waals surface area contributed by atoms with Gasteiger partial charge in [-0.3, -0.25) is 9.59 Å². The Morgan fingerprint density at radius 1 is 0.382 bits per heavy atom. The van der Waals surface area contributed by atoms with Crippen molar-refractivity contribution in [1.82, 2.24) is 0 Å². The summed E-state index contributed by atoms with van der Waals surface area (Å²) in [4.78, 5) is 37.5. The largest absolute Gasteiger partial charge is 0.477 e. The van der Waals surface area contributed by atoms with Gasteiger partial charge in [-0.15, -0.1) is 0 Å². The molecular formula is C67H130NO8+. The van der Waals surface area contributed by atoms with E-state index in [1.165, 1.54) is 263 Å². The van der Waals surface area contributed by atoms with Crippen molar-refractivity contribution in [2.75, 3.05) is 47.5 Å². The lowest BCUT2D eigenvalue weighted by Crippen LogP contribution is -2.40. The topological polar surface area (TPSA) is 108 Å². The molecule has 1 N–H and O–H groups in total. The maximum absolute atomic E-state index is 12.9. The van der Waals surface area contributed by atoms with E-state index in [2.05, 4.69) is 26.0 Å². The zero-order valence-electron chi connectivity index (χ0n) is 51.5. The SMILES string of the molecule is CCCCCCCC/C=C\CCCCCCCCCC(=O)OC(COC(=O)CCCCCCCCCCCCCCCCCCCCCCCCCCCCCCCCCCCC)COC(OCC[N+](C)(C)C)C(=O)O. The van der Waals surface area contributed by atoms with Gasteiger partial charge >= 0.3 is 17.9 Å². The van der Waals surface area contributed by atoms with E-state index in [0.717, 1.165) is 51.4 Å². The van der Waals surface area contributed by atoms with Gasteiger partial charge < -0.3 is 28.5 Å². The molecule has 0 aromatic rings. The second-order valence-electron chi connectivity index (χ2n) is 24.1. The van der Waals surface area contributed by atoms with Gasteiger partial charge in [0.2, 0.25) is 0 Å². The molecule has 0 saturated heterocycles. The third-order valence-corrected chi connectivity index (χ3v) is 15.3. The van der Waals surface area contributed by atoms with Crippen LogP contribution < -0.4 is 0 Å². The van der Waals surface area contributed by atoms with Crippen molar-refractivity contribution >= 4 is 17.9 Å². The van der Waals surface area contributed by atoms with E-state index < -0.39 is 24.3 Å². The average Bonchev–Trinajstić information content (AvgIpc) is 3.39. The Balaban J connectivity index is 3.98. The van der Waals surface area contributed by atoms with Crippen LogP contribution in [0.4, 0.5) is 0 Å². The van der Waals surface area contributed by atoms with Crippen LogP contribution in [0.3, 0.4) is 0 Å². The molecule has 450 valence electrons. The van der Waals surface area contributed by atoms with Crippen LogP contribution in [0.25, 0.3) is 0 Å². The summed E-state index contributed by atoms with van der Waals surface area (Å²) in [6.07, 6.45) is 67.6. The molecule has 0 aliphatic carbocycles. The maximum Gasteiger partial charge on any atom is 0.361 e. The summed E-state index contributed by atoms with van der Waals surface area (Å²) in [6, 6.07) is 0. The second-order valence-corrected chi connectivity index (χ2v) is 24.1. The minimum atomic E-state index is -1.51. The molecule has 9 heteroatoms. The molecule has 0 amide bonds. The van der Waals surface area contributed by atoms with Gasteiger partial charge in [0, 0.05) is 12.8 Å². The molecule has 2 unspecified atom stereocenters. The summed E-state index contributed by atoms with van der Waals surface area (Å²) in [6.45, 7) is 4.93. The number of ether oxygens (including phenoxy) is 4. The van der Waals surface area contributed by atoms with Gasteiger partial charge in [-0.05, 0) is 38.5 Å². The lowest BCUT2D eigenvalue weighted by Gasteiger charge is -2.25. The fourth-order valence-electron chi connectivity index (χ4n) is 10.1. The number of rotatable bonds is 63. The minimum Gasteiger partial charge on any atom is -0.477 e. The molecule has 9 nitrogen and oxygen atoms in total. The van der Waals surface area contributed by atoms with Gasteiger partial charge in [-0.25, -0.2) is 4.79 Å². The van der Waals surface area contributed by atoms with Gasteiger partial charge in [0.1, 0.15) is 13.2 Å². The molecule has 0 saturated carbocycles. The van der Waals surface area contributed by atoms with E-state index in [9.17, 15) is 19.5 Å². The van der Waals surface area contributed by atoms with Gasteiger partial charge in [0.25, 0.3) is 6.29 Å². The van der Waals surface area contributed by atoms with Crippen LogP contribution in [0, 0.1) is 0 Å². The Kier molecular flexibility index (Phi) is 57.6. The number of esters is 2. The first-order valence-corrected chi connectivity index (χ1v) is 33.4. The summed E-state index contributed by atoms with van der Waals surface area (Å²) < 4.78 is 22.9. The van der Waals surface area contributed by atoms with Crippen molar-refractivity contribution in [3.8, 4) is 0 Å². The van der Waals surface area contributed by atoms with Gasteiger partial charge in [-0.1, -0.05) is 302 Å². The monoisotopic (exact) mass is 1080 g/mol. The lowest BCUT2D eigenvalue weighted by atomic mass is 10.0. The standard InChI is InChI=1S/C67H129NO8/c1-6-8-10-12-14-16-18-20-22-24-25-26-27-28-29-30-31-32-33-34-35-36-37-38-39-40-42-43-45-47-49-51-53-55-57-64(69)74-61-63(62-75-67(66(71)72)73-60-59-68(3,4)5)76-65(70)58-56-54-52-50-48-46-44-41-23-21-19-17-15-13-11-9-7-2/h21,23,63,67H,6-20,22,24-62H2,1-5H3/p+1/b23-21-. The summed E-state index contributed by atoms with van der Waals surface area (Å²) in [5, 5.41) is 9.71. The average molecular weight is 1080 g/mol. The molecule has 0 radical (unpaired) electrons. The summed E-state index contributed by atoms with van der Waals surface area (Å²) in [5.41, 5.74) is 0. The number of likely N-dealkylation sites (N-methyl/N-ethyl adjacent to an activating group) is 1. The number of hydrogen-bond acceptors (Lipinski definition) is 7. The van der Waals surface area contributed by atoms with Crippen molar-refractivity contribution in [2.24, 2.45) is 0 Å². The van der Waals surface area contributed by atoms with Crippen LogP contribution in [0.2, 0.25) is 0 Å². The minimum absolute atomic E-state index is 0.177. The van der Waals surface area contributed by atoms with E-state index >= 15 is 0 Å². The quantitative estimate of drug-likeness (QED) is 0.0211. The van der Waals surface area contributed by atoms with Crippen molar-refractivity contribution in [1.29, 1.82) is 0 Å². The zero-order chi connectivity index (χ0) is 55.5. The Labute approximate surface area is 472 Å². The van der Waals surface area contributed by atoms with E-state index in [1.54, 1.807) is 0 Å². The fraction of sp³-hybridized carbons (Fsp3) is 0.925. The van der Waals surface area contributed by atoms with Gasteiger partial charge in [0.05, 0.1) is 34.4 Å². The number of quaternary nitrogens is 1. The summed E-state index contributed by atoms with van der Waals surface area (Å²) in [5.74, 6) is -1.98. The molecule has 2 atom stereocenters. The molecular weight excluding hydrogens is 947 g/mol. The number of unbranched alkanes of at least 4 members (excludes halogenated alkanes) is 46. The number of carboxylic acid groups (broad SMARTS) is 1. The first kappa shape index (κ1) is 74.0. The van der Waals surface area contributed by atoms with Crippen molar-refractivity contribution in [3.05, 3.63) is 12.2 Å². The molecule has 0 aromatic heterocycles. The van der Waals surface area contributed by atoms with Crippen molar-refractivity contribution in [3.63, 3.8) is 0 Å².